The molecule has 0 saturated heterocycles. The van der Waals surface area contributed by atoms with Gasteiger partial charge in [0.05, 0.1) is 5.56 Å². The molecule has 102 valence electrons. The minimum absolute atomic E-state index is 0. The van der Waals surface area contributed by atoms with E-state index in [0.29, 0.717) is 5.56 Å². The van der Waals surface area contributed by atoms with Gasteiger partial charge in [0.2, 0.25) is 0 Å². The summed E-state index contributed by atoms with van der Waals surface area (Å²) in [6.07, 6.45) is 3.21. The van der Waals surface area contributed by atoms with Gasteiger partial charge in [-0.15, -0.1) is 12.4 Å². The third kappa shape index (κ3) is 4.07. The molecule has 4 heteroatoms. The second-order valence-corrected chi connectivity index (χ2v) is 3.99. The molecule has 3 nitrogen and oxygen atoms in total. The fourth-order valence-electron chi connectivity index (χ4n) is 1.61. The molecule has 0 aliphatic heterocycles. The highest BCUT2D eigenvalue weighted by Crippen LogP contribution is 2.08. The normalized spacial score (nSPS) is 10.0. The van der Waals surface area contributed by atoms with E-state index in [-0.39, 0.29) is 23.8 Å². The van der Waals surface area contributed by atoms with Gasteiger partial charge in [0.1, 0.15) is 0 Å². The molecule has 0 radical (unpaired) electrons. The van der Waals surface area contributed by atoms with Crippen molar-refractivity contribution in [3.05, 3.63) is 77.4 Å². The lowest BCUT2D eigenvalue weighted by Gasteiger charge is -1.97. The van der Waals surface area contributed by atoms with Crippen molar-refractivity contribution in [2.75, 3.05) is 0 Å². The number of allylic oxidation sites excluding steroid dienone is 1. The molecule has 2 aromatic rings. The SMILES string of the molecule is Cl.O=C(O)c1ccc(C(=O)/C=C/c2ccccc2)cc1. The predicted molar refractivity (Wildman–Crippen MR) is 80.5 cm³/mol. The van der Waals surface area contributed by atoms with Gasteiger partial charge in [0, 0.05) is 5.56 Å². The number of carbonyl (C=O) groups is 2. The number of hydrogen-bond acceptors (Lipinski definition) is 2. The maximum Gasteiger partial charge on any atom is 0.335 e. The molecule has 0 aromatic heterocycles. The summed E-state index contributed by atoms with van der Waals surface area (Å²) in [5, 5.41) is 8.77. The van der Waals surface area contributed by atoms with E-state index in [1.165, 1.54) is 30.3 Å². The van der Waals surface area contributed by atoms with Crippen molar-refractivity contribution in [2.24, 2.45) is 0 Å². The highest BCUT2D eigenvalue weighted by atomic mass is 35.5. The molecule has 0 bridgehead atoms. The summed E-state index contributed by atoms with van der Waals surface area (Å²) in [6, 6.07) is 15.4. The van der Waals surface area contributed by atoms with Gasteiger partial charge >= 0.3 is 5.97 Å². The first-order chi connectivity index (χ1) is 9.16. The first-order valence-electron chi connectivity index (χ1n) is 5.77. The van der Waals surface area contributed by atoms with E-state index in [9.17, 15) is 9.59 Å². The van der Waals surface area contributed by atoms with Crippen LogP contribution in [0.1, 0.15) is 26.3 Å². The Hall–Kier alpha value is -2.39. The van der Waals surface area contributed by atoms with Crippen LogP contribution in [0.2, 0.25) is 0 Å². The first kappa shape index (κ1) is 15.7. The van der Waals surface area contributed by atoms with Crippen molar-refractivity contribution < 1.29 is 14.7 Å². The summed E-state index contributed by atoms with van der Waals surface area (Å²) in [6.45, 7) is 0. The summed E-state index contributed by atoms with van der Waals surface area (Å²) in [4.78, 5) is 22.6. The smallest absolute Gasteiger partial charge is 0.335 e. The van der Waals surface area contributed by atoms with Crippen molar-refractivity contribution >= 4 is 30.2 Å². The Morgan fingerprint density at radius 2 is 1.40 bits per heavy atom. The van der Waals surface area contributed by atoms with Crippen molar-refractivity contribution in [3.8, 4) is 0 Å². The number of carbonyl (C=O) groups excluding carboxylic acids is 1. The summed E-state index contributed by atoms with van der Waals surface area (Å²) in [5.41, 5.74) is 1.58. The lowest BCUT2D eigenvalue weighted by atomic mass is 10.1. The Morgan fingerprint density at radius 1 is 0.850 bits per heavy atom. The second-order valence-electron chi connectivity index (χ2n) is 3.99. The molecule has 0 aliphatic rings. The second kappa shape index (κ2) is 7.26. The number of ketones is 1. The van der Waals surface area contributed by atoms with E-state index in [1.807, 2.05) is 30.3 Å². The fraction of sp³-hybridized carbons (Fsp3) is 0. The zero-order chi connectivity index (χ0) is 13.7. The fourth-order valence-corrected chi connectivity index (χ4v) is 1.61. The number of hydrogen-bond donors (Lipinski definition) is 1. The number of benzene rings is 2. The average molecular weight is 289 g/mol. The maximum atomic E-state index is 11.9. The summed E-state index contributed by atoms with van der Waals surface area (Å²) >= 11 is 0. The van der Waals surface area contributed by atoms with Crippen LogP contribution in [-0.4, -0.2) is 16.9 Å². The van der Waals surface area contributed by atoms with Crippen LogP contribution in [0, 0.1) is 0 Å². The minimum atomic E-state index is -1.00. The molecule has 1 N–H and O–H groups in total. The number of carboxylic acids is 1. The van der Waals surface area contributed by atoms with E-state index >= 15 is 0 Å². The van der Waals surface area contributed by atoms with Gasteiger partial charge in [0.25, 0.3) is 0 Å². The van der Waals surface area contributed by atoms with Gasteiger partial charge in [-0.1, -0.05) is 48.5 Å². The van der Waals surface area contributed by atoms with Crippen molar-refractivity contribution in [3.63, 3.8) is 0 Å². The summed E-state index contributed by atoms with van der Waals surface area (Å²) in [5.74, 6) is -1.15. The van der Waals surface area contributed by atoms with Crippen LogP contribution in [0.3, 0.4) is 0 Å². The van der Waals surface area contributed by atoms with E-state index in [4.69, 9.17) is 5.11 Å². The highest BCUT2D eigenvalue weighted by Gasteiger charge is 2.05. The zero-order valence-corrected chi connectivity index (χ0v) is 11.3. The molecule has 0 saturated carbocycles. The molecule has 0 aliphatic carbocycles. The molecule has 0 spiro atoms. The lowest BCUT2D eigenvalue weighted by molar-refractivity contribution is 0.0696. The predicted octanol–water partition coefficient (Wildman–Crippen LogP) is 3.70. The number of aromatic carboxylic acids is 1. The number of halogens is 1. The van der Waals surface area contributed by atoms with E-state index in [0.717, 1.165) is 5.56 Å². The monoisotopic (exact) mass is 288 g/mol. The van der Waals surface area contributed by atoms with Gasteiger partial charge < -0.3 is 5.11 Å². The average Bonchev–Trinajstić information content (AvgIpc) is 2.46. The first-order valence-corrected chi connectivity index (χ1v) is 5.77. The molecular weight excluding hydrogens is 276 g/mol. The highest BCUT2D eigenvalue weighted by molar-refractivity contribution is 6.07. The molecule has 2 rings (SSSR count). The maximum absolute atomic E-state index is 11.9. The van der Waals surface area contributed by atoms with Gasteiger partial charge in [-0.2, -0.15) is 0 Å². The Labute approximate surface area is 123 Å². The Bertz CT molecular complexity index is 616. The quantitative estimate of drug-likeness (QED) is 0.689. The Balaban J connectivity index is 0.00000200. The van der Waals surface area contributed by atoms with Crippen LogP contribution >= 0.6 is 12.4 Å². The minimum Gasteiger partial charge on any atom is -0.478 e. The molecular formula is C16H13ClO3. The number of rotatable bonds is 4. The lowest BCUT2D eigenvalue weighted by Crippen LogP contribution is -1.98. The van der Waals surface area contributed by atoms with Crippen molar-refractivity contribution in [1.82, 2.24) is 0 Å². The molecule has 0 heterocycles. The summed E-state index contributed by atoms with van der Waals surface area (Å²) < 4.78 is 0. The van der Waals surface area contributed by atoms with Crippen LogP contribution in [0.5, 0.6) is 0 Å². The zero-order valence-electron chi connectivity index (χ0n) is 10.5. The van der Waals surface area contributed by atoms with Crippen LogP contribution in [0.25, 0.3) is 6.08 Å². The van der Waals surface area contributed by atoms with Gasteiger partial charge in [-0.3, -0.25) is 4.79 Å². The molecule has 2 aromatic carbocycles. The molecule has 0 fully saturated rings. The van der Waals surface area contributed by atoms with Gasteiger partial charge in [-0.05, 0) is 23.8 Å². The van der Waals surface area contributed by atoms with Crippen LogP contribution < -0.4 is 0 Å². The van der Waals surface area contributed by atoms with Crippen LogP contribution in [-0.2, 0) is 0 Å². The van der Waals surface area contributed by atoms with Crippen LogP contribution in [0.15, 0.2) is 60.7 Å². The standard InChI is InChI=1S/C16H12O3.ClH/c17-15(11-6-12-4-2-1-3-5-12)13-7-9-14(10-8-13)16(18)19;/h1-11H,(H,18,19);1H/b11-6+;. The largest absolute Gasteiger partial charge is 0.478 e. The topological polar surface area (TPSA) is 54.4 Å². The third-order valence-electron chi connectivity index (χ3n) is 2.64. The van der Waals surface area contributed by atoms with Crippen molar-refractivity contribution in [2.45, 2.75) is 0 Å². The molecule has 0 unspecified atom stereocenters. The molecule has 0 atom stereocenters. The van der Waals surface area contributed by atoms with Crippen LogP contribution in [0.4, 0.5) is 0 Å². The summed E-state index contributed by atoms with van der Waals surface area (Å²) in [7, 11) is 0. The van der Waals surface area contributed by atoms with Gasteiger partial charge in [0.15, 0.2) is 5.78 Å². The van der Waals surface area contributed by atoms with Crippen molar-refractivity contribution in [1.29, 1.82) is 0 Å². The molecule has 0 amide bonds. The Kier molecular flexibility index (Phi) is 5.69. The van der Waals surface area contributed by atoms with Gasteiger partial charge in [-0.25, -0.2) is 4.79 Å². The molecule has 20 heavy (non-hydrogen) atoms. The number of carboxylic acid groups (broad SMARTS) is 1. The van der Waals surface area contributed by atoms with E-state index < -0.39 is 5.97 Å². The van der Waals surface area contributed by atoms with E-state index in [2.05, 4.69) is 0 Å². The third-order valence-corrected chi connectivity index (χ3v) is 2.64. The Morgan fingerprint density at radius 3 is 1.95 bits per heavy atom. The van der Waals surface area contributed by atoms with E-state index in [1.54, 1.807) is 6.08 Å².